The van der Waals surface area contributed by atoms with Crippen LogP contribution in [0.3, 0.4) is 0 Å². The maximum absolute atomic E-state index is 12.2. The molecule has 3 heteroatoms. The fraction of sp³-hybridized carbons (Fsp3) is 0.111. The standard InChI is InChI=1S/C27H23NO2/c1-20(2)23-14-11-21(12-15-23)13-16-27(29)30-26-10-6-7-22(18-26)17-25(19-28)24-8-4-3-5-9-24/h3-18,20H,1-2H3/b16-13+,25-17-. The first-order valence-corrected chi connectivity index (χ1v) is 9.82. The molecule has 3 rings (SSSR count). The Morgan fingerprint density at radius 2 is 1.67 bits per heavy atom. The van der Waals surface area contributed by atoms with Crippen LogP contribution in [0, 0.1) is 11.3 Å². The van der Waals surface area contributed by atoms with E-state index in [0.29, 0.717) is 17.2 Å². The summed E-state index contributed by atoms with van der Waals surface area (Å²) in [5, 5.41) is 9.47. The van der Waals surface area contributed by atoms with E-state index in [1.54, 1.807) is 30.4 Å². The summed E-state index contributed by atoms with van der Waals surface area (Å²) < 4.78 is 5.42. The molecule has 0 aliphatic rings. The topological polar surface area (TPSA) is 50.1 Å². The molecule has 0 unspecified atom stereocenters. The van der Waals surface area contributed by atoms with Gasteiger partial charge in [0.15, 0.2) is 0 Å². The molecule has 0 aliphatic heterocycles. The minimum atomic E-state index is -0.451. The van der Waals surface area contributed by atoms with Crippen LogP contribution in [0.5, 0.6) is 5.75 Å². The Balaban J connectivity index is 1.69. The highest BCUT2D eigenvalue weighted by molar-refractivity contribution is 5.90. The van der Waals surface area contributed by atoms with Crippen molar-refractivity contribution in [3.63, 3.8) is 0 Å². The number of benzene rings is 3. The van der Waals surface area contributed by atoms with Gasteiger partial charge in [-0.3, -0.25) is 0 Å². The van der Waals surface area contributed by atoms with Crippen molar-refractivity contribution >= 4 is 23.7 Å². The number of nitrogens with zero attached hydrogens (tertiary/aromatic N) is 1. The van der Waals surface area contributed by atoms with E-state index in [1.807, 2.05) is 48.5 Å². The Morgan fingerprint density at radius 1 is 0.933 bits per heavy atom. The molecule has 3 aromatic rings. The minimum Gasteiger partial charge on any atom is -0.423 e. The van der Waals surface area contributed by atoms with Crippen LogP contribution in [0.2, 0.25) is 0 Å². The second-order valence-electron chi connectivity index (χ2n) is 7.18. The number of carbonyl (C=O) groups excluding carboxylic acids is 1. The predicted octanol–water partition coefficient (Wildman–Crippen LogP) is 6.49. The molecule has 0 fully saturated rings. The molecule has 0 radical (unpaired) electrons. The molecule has 0 spiro atoms. The number of carbonyl (C=O) groups is 1. The summed E-state index contributed by atoms with van der Waals surface area (Å²) in [5.74, 6) is 0.448. The first kappa shape index (κ1) is 20.8. The first-order chi connectivity index (χ1) is 14.5. The van der Waals surface area contributed by atoms with Gasteiger partial charge in [0.2, 0.25) is 0 Å². The van der Waals surface area contributed by atoms with Crippen LogP contribution in [-0.4, -0.2) is 5.97 Å². The van der Waals surface area contributed by atoms with E-state index in [4.69, 9.17) is 4.74 Å². The Hall–Kier alpha value is -3.90. The number of ether oxygens (including phenoxy) is 1. The van der Waals surface area contributed by atoms with Crippen LogP contribution in [0.25, 0.3) is 17.7 Å². The largest absolute Gasteiger partial charge is 0.423 e. The first-order valence-electron chi connectivity index (χ1n) is 9.82. The zero-order chi connectivity index (χ0) is 21.3. The fourth-order valence-corrected chi connectivity index (χ4v) is 2.94. The predicted molar refractivity (Wildman–Crippen MR) is 122 cm³/mol. The van der Waals surface area contributed by atoms with Crippen molar-refractivity contribution in [1.82, 2.24) is 0 Å². The fourth-order valence-electron chi connectivity index (χ4n) is 2.94. The van der Waals surface area contributed by atoms with E-state index in [-0.39, 0.29) is 0 Å². The quantitative estimate of drug-likeness (QED) is 0.158. The summed E-state index contributed by atoms with van der Waals surface area (Å²) in [5.41, 5.74) is 4.37. The lowest BCUT2D eigenvalue weighted by atomic mass is 10.0. The van der Waals surface area contributed by atoms with Crippen LogP contribution < -0.4 is 4.74 Å². The monoisotopic (exact) mass is 393 g/mol. The van der Waals surface area contributed by atoms with Crippen molar-refractivity contribution in [2.45, 2.75) is 19.8 Å². The molecule has 3 aromatic carbocycles. The average molecular weight is 393 g/mol. The zero-order valence-electron chi connectivity index (χ0n) is 17.1. The molecule has 148 valence electrons. The van der Waals surface area contributed by atoms with E-state index in [2.05, 4.69) is 32.0 Å². The van der Waals surface area contributed by atoms with Gasteiger partial charge in [0.05, 0.1) is 11.6 Å². The maximum atomic E-state index is 12.2. The second kappa shape index (κ2) is 10.0. The number of hydrogen-bond acceptors (Lipinski definition) is 3. The van der Waals surface area contributed by atoms with E-state index in [9.17, 15) is 10.1 Å². The molecule has 0 bridgehead atoms. The molecule has 0 amide bonds. The van der Waals surface area contributed by atoms with Crippen LogP contribution in [0.1, 0.15) is 42.0 Å². The van der Waals surface area contributed by atoms with E-state index in [1.165, 1.54) is 11.6 Å². The van der Waals surface area contributed by atoms with Gasteiger partial charge in [0.1, 0.15) is 5.75 Å². The smallest absolute Gasteiger partial charge is 0.336 e. The zero-order valence-corrected chi connectivity index (χ0v) is 17.1. The molecular formula is C27H23NO2. The minimum absolute atomic E-state index is 0.430. The lowest BCUT2D eigenvalue weighted by molar-refractivity contribution is -0.128. The normalized spacial score (nSPS) is 11.5. The van der Waals surface area contributed by atoms with Crippen LogP contribution >= 0.6 is 0 Å². The lowest BCUT2D eigenvalue weighted by Crippen LogP contribution is -2.03. The van der Waals surface area contributed by atoms with Gasteiger partial charge in [-0.1, -0.05) is 80.6 Å². The molecule has 0 aliphatic carbocycles. The molecule has 30 heavy (non-hydrogen) atoms. The lowest BCUT2D eigenvalue weighted by Gasteiger charge is -2.05. The van der Waals surface area contributed by atoms with Gasteiger partial charge in [0.25, 0.3) is 0 Å². The third-order valence-corrected chi connectivity index (χ3v) is 4.61. The Bertz CT molecular complexity index is 1100. The van der Waals surface area contributed by atoms with Gasteiger partial charge in [-0.15, -0.1) is 0 Å². The van der Waals surface area contributed by atoms with Crippen molar-refractivity contribution < 1.29 is 9.53 Å². The molecule has 0 heterocycles. The number of nitriles is 1. The highest BCUT2D eigenvalue weighted by atomic mass is 16.5. The summed E-state index contributed by atoms with van der Waals surface area (Å²) in [7, 11) is 0. The van der Waals surface area contributed by atoms with Crippen LogP contribution in [-0.2, 0) is 4.79 Å². The van der Waals surface area contributed by atoms with E-state index >= 15 is 0 Å². The SMILES string of the molecule is CC(C)c1ccc(/C=C/C(=O)Oc2cccc(/C=C(/C#N)c3ccccc3)c2)cc1. The van der Waals surface area contributed by atoms with Gasteiger partial charge in [-0.05, 0) is 52.5 Å². The summed E-state index contributed by atoms with van der Waals surface area (Å²) in [6.45, 7) is 4.29. The highest BCUT2D eigenvalue weighted by Gasteiger charge is 2.04. The molecule has 0 saturated heterocycles. The molecule has 3 nitrogen and oxygen atoms in total. The molecular weight excluding hydrogens is 370 g/mol. The second-order valence-corrected chi connectivity index (χ2v) is 7.18. The third-order valence-electron chi connectivity index (χ3n) is 4.61. The summed E-state index contributed by atoms with van der Waals surface area (Å²) >= 11 is 0. The van der Waals surface area contributed by atoms with Crippen molar-refractivity contribution in [3.8, 4) is 11.8 Å². The Morgan fingerprint density at radius 3 is 2.33 bits per heavy atom. The Kier molecular flexibility index (Phi) is 6.97. The number of esters is 1. The average Bonchev–Trinajstić information content (AvgIpc) is 2.77. The van der Waals surface area contributed by atoms with Gasteiger partial charge in [0, 0.05) is 6.08 Å². The van der Waals surface area contributed by atoms with Crippen molar-refractivity contribution in [2.24, 2.45) is 0 Å². The van der Waals surface area contributed by atoms with Gasteiger partial charge < -0.3 is 4.74 Å². The Labute approximate surface area is 177 Å². The maximum Gasteiger partial charge on any atom is 0.336 e. The van der Waals surface area contributed by atoms with Gasteiger partial charge >= 0.3 is 5.97 Å². The van der Waals surface area contributed by atoms with E-state index in [0.717, 1.165) is 16.7 Å². The van der Waals surface area contributed by atoms with Crippen molar-refractivity contribution in [3.05, 3.63) is 107 Å². The number of rotatable bonds is 6. The summed E-state index contributed by atoms with van der Waals surface area (Å²) in [6.07, 6.45) is 4.93. The van der Waals surface area contributed by atoms with Crippen LogP contribution in [0.15, 0.2) is 84.9 Å². The summed E-state index contributed by atoms with van der Waals surface area (Å²) in [6, 6.07) is 26.9. The molecule has 0 aromatic heterocycles. The number of allylic oxidation sites excluding steroid dienone is 1. The summed E-state index contributed by atoms with van der Waals surface area (Å²) in [4.78, 5) is 12.2. The van der Waals surface area contributed by atoms with Gasteiger partial charge in [-0.25, -0.2) is 4.79 Å². The third kappa shape index (κ3) is 5.80. The number of hydrogen-bond donors (Lipinski definition) is 0. The van der Waals surface area contributed by atoms with Crippen LogP contribution in [0.4, 0.5) is 0 Å². The molecule has 0 saturated carbocycles. The van der Waals surface area contributed by atoms with Crippen molar-refractivity contribution in [2.75, 3.05) is 0 Å². The molecule has 0 N–H and O–H groups in total. The van der Waals surface area contributed by atoms with Crippen molar-refractivity contribution in [1.29, 1.82) is 5.26 Å². The van der Waals surface area contributed by atoms with E-state index < -0.39 is 5.97 Å². The highest BCUT2D eigenvalue weighted by Crippen LogP contribution is 2.21. The van der Waals surface area contributed by atoms with Gasteiger partial charge in [-0.2, -0.15) is 5.26 Å². The molecule has 0 atom stereocenters.